The van der Waals surface area contributed by atoms with Gasteiger partial charge in [-0.15, -0.1) is 11.3 Å². The second kappa shape index (κ2) is 7.31. The van der Waals surface area contributed by atoms with Gasteiger partial charge in [0.2, 0.25) is 0 Å². The average molecular weight is 426 g/mol. The molecule has 3 rings (SSSR count). The van der Waals surface area contributed by atoms with E-state index in [1.54, 1.807) is 0 Å². The van der Waals surface area contributed by atoms with Crippen LogP contribution >= 0.6 is 11.3 Å². The number of benzene rings is 1. The Balaban J connectivity index is 2.05. The van der Waals surface area contributed by atoms with Crippen LogP contribution in [0.4, 0.5) is 13.2 Å². The summed E-state index contributed by atoms with van der Waals surface area (Å²) in [6.07, 6.45) is -3.50. The van der Waals surface area contributed by atoms with Gasteiger partial charge in [-0.2, -0.15) is 13.2 Å². The van der Waals surface area contributed by atoms with Crippen LogP contribution in [0.15, 0.2) is 46.9 Å². The summed E-state index contributed by atoms with van der Waals surface area (Å²) in [6, 6.07) is 9.83. The van der Waals surface area contributed by atoms with Gasteiger partial charge in [0.15, 0.2) is 4.34 Å². The topological polar surface area (TPSA) is 68.9 Å². The number of nitrogens with two attached hydrogens (primary N) is 1. The van der Waals surface area contributed by atoms with E-state index < -0.39 is 21.6 Å². The van der Waals surface area contributed by atoms with Crippen LogP contribution in [0.5, 0.6) is 0 Å². The van der Waals surface area contributed by atoms with Gasteiger partial charge in [-0.3, -0.25) is 10.1 Å². The smallest absolute Gasteiger partial charge is 0.253 e. The monoisotopic (exact) mass is 425 g/mol. The van der Waals surface area contributed by atoms with Gasteiger partial charge in [-0.25, -0.2) is 9.19 Å². The summed E-state index contributed by atoms with van der Waals surface area (Å²) < 4.78 is 51.6. The van der Waals surface area contributed by atoms with Crippen molar-refractivity contribution in [2.75, 3.05) is 0 Å². The summed E-state index contributed by atoms with van der Waals surface area (Å²) in [5, 5.41) is 6.11. The molecule has 0 bridgehead atoms. The highest BCUT2D eigenvalue weighted by Crippen LogP contribution is 2.31. The molecule has 2 heterocycles. The fourth-order valence-corrected chi connectivity index (χ4v) is 5.42. The third-order valence-electron chi connectivity index (χ3n) is 4.28. The van der Waals surface area contributed by atoms with Gasteiger partial charge >= 0.3 is 6.18 Å². The first kappa shape index (κ1) is 20.5. The SMILES string of the molecule is CC(c1ccc(C(F)(F)F)nc1)=S(N)(=O)c1nc(-c2ccc(C)cc2)c(C)s1. The van der Waals surface area contributed by atoms with E-state index in [0.29, 0.717) is 5.69 Å². The zero-order valence-electron chi connectivity index (χ0n) is 15.4. The lowest BCUT2D eigenvalue weighted by molar-refractivity contribution is -0.141. The van der Waals surface area contributed by atoms with E-state index in [0.717, 1.165) is 28.3 Å². The molecule has 28 heavy (non-hydrogen) atoms. The van der Waals surface area contributed by atoms with E-state index in [2.05, 4.69) is 9.97 Å². The Kier molecular flexibility index (Phi) is 5.35. The Hall–Kier alpha value is -2.23. The number of halogens is 3. The molecule has 0 saturated heterocycles. The van der Waals surface area contributed by atoms with Gasteiger partial charge < -0.3 is 0 Å². The van der Waals surface area contributed by atoms with Crippen molar-refractivity contribution in [2.24, 2.45) is 5.14 Å². The summed E-state index contributed by atoms with van der Waals surface area (Å²) in [7, 11) is -3.21. The molecular weight excluding hydrogens is 407 g/mol. The molecule has 0 aliphatic carbocycles. The average Bonchev–Trinajstić information content (AvgIpc) is 3.03. The molecule has 3 aromatic rings. The highest BCUT2D eigenvalue weighted by atomic mass is 32.2. The first-order chi connectivity index (χ1) is 13.0. The van der Waals surface area contributed by atoms with Crippen molar-refractivity contribution in [3.8, 4) is 11.3 Å². The Morgan fingerprint density at radius 2 is 1.75 bits per heavy atom. The number of pyridine rings is 1. The fourth-order valence-electron chi connectivity index (χ4n) is 2.56. The van der Waals surface area contributed by atoms with Crippen LogP contribution < -0.4 is 5.14 Å². The maximum Gasteiger partial charge on any atom is 0.433 e. The predicted octanol–water partition coefficient (Wildman–Crippen LogP) is 4.60. The number of aryl methyl sites for hydroxylation is 2. The Labute approximate surface area is 165 Å². The van der Waals surface area contributed by atoms with Crippen LogP contribution in [0.3, 0.4) is 0 Å². The molecule has 0 aliphatic heterocycles. The number of hydrogen-bond donors (Lipinski definition) is 1. The third-order valence-corrected chi connectivity index (χ3v) is 7.79. The molecular formula is C19H18F3N3OS2. The molecule has 1 aromatic carbocycles. The number of aromatic nitrogens is 2. The molecule has 9 heteroatoms. The Morgan fingerprint density at radius 1 is 1.11 bits per heavy atom. The maximum atomic E-state index is 13.3. The summed E-state index contributed by atoms with van der Waals surface area (Å²) >= 11 is 1.22. The number of rotatable bonds is 3. The van der Waals surface area contributed by atoms with Crippen molar-refractivity contribution in [1.82, 2.24) is 9.97 Å². The van der Waals surface area contributed by atoms with Crippen LogP contribution in [0.25, 0.3) is 11.3 Å². The van der Waals surface area contributed by atoms with Crippen molar-refractivity contribution >= 4 is 25.9 Å². The Bertz CT molecular complexity index is 1120. The van der Waals surface area contributed by atoms with Crippen LogP contribution in [-0.2, 0) is 15.9 Å². The lowest BCUT2D eigenvalue weighted by Crippen LogP contribution is -2.22. The molecule has 0 spiro atoms. The highest BCUT2D eigenvalue weighted by Gasteiger charge is 2.32. The van der Waals surface area contributed by atoms with E-state index in [9.17, 15) is 17.4 Å². The van der Waals surface area contributed by atoms with Crippen molar-refractivity contribution < 1.29 is 17.4 Å². The second-order valence-corrected chi connectivity index (χ2v) is 10.00. The molecule has 1 unspecified atom stereocenters. The van der Waals surface area contributed by atoms with Gasteiger partial charge in [-0.05, 0) is 26.8 Å². The van der Waals surface area contributed by atoms with Gasteiger partial charge in [0.05, 0.1) is 15.4 Å². The van der Waals surface area contributed by atoms with Gasteiger partial charge in [0, 0.05) is 27.1 Å². The Morgan fingerprint density at radius 3 is 2.29 bits per heavy atom. The molecule has 0 aliphatic rings. The van der Waals surface area contributed by atoms with Gasteiger partial charge in [-0.1, -0.05) is 35.9 Å². The lowest BCUT2D eigenvalue weighted by atomic mass is 10.1. The van der Waals surface area contributed by atoms with Gasteiger partial charge in [0.1, 0.15) is 5.69 Å². The van der Waals surface area contributed by atoms with E-state index in [1.165, 1.54) is 24.3 Å². The molecule has 2 aromatic heterocycles. The third kappa shape index (κ3) is 3.96. The van der Waals surface area contributed by atoms with Crippen molar-refractivity contribution in [3.05, 3.63) is 64.3 Å². The van der Waals surface area contributed by atoms with Crippen molar-refractivity contribution in [3.63, 3.8) is 0 Å². The first-order valence-electron chi connectivity index (χ1n) is 8.24. The maximum absolute atomic E-state index is 13.3. The normalized spacial score (nSPS) is 14.0. The first-order valence-corrected chi connectivity index (χ1v) is 10.7. The minimum atomic E-state index is -4.54. The molecule has 2 N–H and O–H groups in total. The van der Waals surface area contributed by atoms with Crippen LogP contribution in [0.1, 0.15) is 28.6 Å². The molecule has 0 radical (unpaired) electrons. The minimum absolute atomic E-state index is 0.234. The molecule has 148 valence electrons. The zero-order chi connectivity index (χ0) is 20.7. The fraction of sp³-hybridized carbons (Fsp3) is 0.211. The summed E-state index contributed by atoms with van der Waals surface area (Å²) in [4.78, 5) is 8.99. The molecule has 1 atom stereocenters. The number of alkyl halides is 3. The number of hydrogen-bond acceptors (Lipinski definition) is 4. The van der Waals surface area contributed by atoms with Crippen molar-refractivity contribution in [1.29, 1.82) is 0 Å². The quantitative estimate of drug-likeness (QED) is 0.493. The van der Waals surface area contributed by atoms with Crippen LogP contribution in [0, 0.1) is 13.8 Å². The van der Waals surface area contributed by atoms with Crippen LogP contribution in [0.2, 0.25) is 0 Å². The molecule has 0 amide bonds. The van der Waals surface area contributed by atoms with E-state index in [-0.39, 0.29) is 14.8 Å². The number of thiazole rings is 1. The summed E-state index contributed by atoms with van der Waals surface area (Å²) in [6.45, 7) is 5.36. The second-order valence-electron chi connectivity index (χ2n) is 6.34. The summed E-state index contributed by atoms with van der Waals surface area (Å²) in [5.41, 5.74) is 1.95. The summed E-state index contributed by atoms with van der Waals surface area (Å²) in [5.74, 6) is 0. The minimum Gasteiger partial charge on any atom is -0.253 e. The van der Waals surface area contributed by atoms with Crippen molar-refractivity contribution in [2.45, 2.75) is 31.3 Å². The largest absolute Gasteiger partial charge is 0.433 e. The number of nitrogens with zero attached hydrogens (tertiary/aromatic N) is 2. The highest BCUT2D eigenvalue weighted by molar-refractivity contribution is 8.02. The molecule has 0 fully saturated rings. The van der Waals surface area contributed by atoms with Crippen LogP contribution in [-0.4, -0.2) is 19.0 Å². The molecule has 0 saturated carbocycles. The zero-order valence-corrected chi connectivity index (χ0v) is 17.0. The van der Waals surface area contributed by atoms with E-state index >= 15 is 0 Å². The van der Waals surface area contributed by atoms with Gasteiger partial charge in [0.25, 0.3) is 0 Å². The van der Waals surface area contributed by atoms with E-state index in [4.69, 9.17) is 5.14 Å². The molecule has 4 nitrogen and oxygen atoms in total. The predicted molar refractivity (Wildman–Crippen MR) is 107 cm³/mol. The van der Waals surface area contributed by atoms with E-state index in [1.807, 2.05) is 38.1 Å². The lowest BCUT2D eigenvalue weighted by Gasteiger charge is -2.10. The standard InChI is InChI=1S/C19H18F3N3OS2/c1-11-4-6-14(7-5-11)17-12(2)27-18(25-17)28(23,26)13(3)15-8-9-16(24-10-15)19(20,21)22/h4-10H,1-3H3,(H2,23,26).